The van der Waals surface area contributed by atoms with Gasteiger partial charge in [0.2, 0.25) is 5.91 Å². The van der Waals surface area contributed by atoms with E-state index in [1.807, 2.05) is 38.3 Å². The first-order chi connectivity index (χ1) is 16.4. The lowest BCUT2D eigenvalue weighted by Gasteiger charge is -2.14. The standard InChI is InChI=1S/C26H27N3O4S/c1-5-32-19-9-10-22(33-6-2)21(12-19)28-23(30)13-29-15-27-25-24(26(29)31)20(14-34-25)18-8-7-16(3)17(4)11-18/h7-12,14-15H,5-6,13H2,1-4H3,(H,28,30). The molecule has 0 saturated heterocycles. The maximum Gasteiger partial charge on any atom is 0.263 e. The number of thiophene rings is 1. The molecule has 0 unspecified atom stereocenters. The lowest BCUT2D eigenvalue weighted by atomic mass is 10.0. The number of hydrogen-bond acceptors (Lipinski definition) is 6. The molecule has 4 aromatic rings. The monoisotopic (exact) mass is 477 g/mol. The van der Waals surface area contributed by atoms with Gasteiger partial charge in [0.05, 0.1) is 30.6 Å². The van der Waals surface area contributed by atoms with Crippen LogP contribution >= 0.6 is 11.3 Å². The molecule has 0 atom stereocenters. The summed E-state index contributed by atoms with van der Waals surface area (Å²) < 4.78 is 12.5. The van der Waals surface area contributed by atoms with E-state index in [0.717, 1.165) is 16.7 Å². The van der Waals surface area contributed by atoms with Crippen LogP contribution in [0.5, 0.6) is 11.5 Å². The largest absolute Gasteiger partial charge is 0.494 e. The molecule has 0 aliphatic heterocycles. The van der Waals surface area contributed by atoms with Gasteiger partial charge >= 0.3 is 0 Å². The number of rotatable bonds is 8. The molecule has 2 heterocycles. The van der Waals surface area contributed by atoms with Crippen LogP contribution < -0.4 is 20.3 Å². The van der Waals surface area contributed by atoms with Gasteiger partial charge in [-0.05, 0) is 56.5 Å². The molecule has 4 rings (SSSR count). The Morgan fingerprint density at radius 2 is 1.85 bits per heavy atom. The van der Waals surface area contributed by atoms with E-state index in [4.69, 9.17) is 9.47 Å². The lowest BCUT2D eigenvalue weighted by molar-refractivity contribution is -0.116. The van der Waals surface area contributed by atoms with E-state index in [2.05, 4.69) is 23.3 Å². The van der Waals surface area contributed by atoms with Crippen LogP contribution in [0.4, 0.5) is 5.69 Å². The van der Waals surface area contributed by atoms with Gasteiger partial charge in [-0.15, -0.1) is 11.3 Å². The second kappa shape index (κ2) is 10.1. The fraction of sp³-hybridized carbons (Fsp3) is 0.269. The van der Waals surface area contributed by atoms with Gasteiger partial charge in [-0.1, -0.05) is 18.2 Å². The Kier molecular flexibility index (Phi) is 6.98. The quantitative estimate of drug-likeness (QED) is 0.378. The highest BCUT2D eigenvalue weighted by molar-refractivity contribution is 7.17. The molecule has 0 spiro atoms. The molecule has 0 saturated carbocycles. The Morgan fingerprint density at radius 3 is 2.59 bits per heavy atom. The van der Waals surface area contributed by atoms with Crippen molar-refractivity contribution in [2.75, 3.05) is 18.5 Å². The predicted octanol–water partition coefficient (Wildman–Crippen LogP) is 5.18. The van der Waals surface area contributed by atoms with E-state index < -0.39 is 0 Å². The summed E-state index contributed by atoms with van der Waals surface area (Å²) in [4.78, 5) is 31.3. The molecule has 2 aromatic carbocycles. The molecule has 0 aliphatic rings. The summed E-state index contributed by atoms with van der Waals surface area (Å²) in [6.07, 6.45) is 1.42. The van der Waals surface area contributed by atoms with Crippen molar-refractivity contribution in [3.63, 3.8) is 0 Å². The van der Waals surface area contributed by atoms with Gasteiger partial charge < -0.3 is 14.8 Å². The van der Waals surface area contributed by atoms with Crippen molar-refractivity contribution in [2.24, 2.45) is 0 Å². The number of nitrogens with zero attached hydrogens (tertiary/aromatic N) is 2. The molecule has 2 aromatic heterocycles. The first-order valence-corrected chi connectivity index (χ1v) is 12.0. The van der Waals surface area contributed by atoms with Crippen molar-refractivity contribution in [1.82, 2.24) is 9.55 Å². The van der Waals surface area contributed by atoms with Crippen molar-refractivity contribution < 1.29 is 14.3 Å². The highest BCUT2D eigenvalue weighted by atomic mass is 32.1. The molecule has 176 valence electrons. The van der Waals surface area contributed by atoms with Crippen molar-refractivity contribution in [1.29, 1.82) is 0 Å². The third-order valence-corrected chi connectivity index (χ3v) is 6.41. The van der Waals surface area contributed by atoms with Crippen molar-refractivity contribution >= 4 is 33.1 Å². The molecular weight excluding hydrogens is 450 g/mol. The number of fused-ring (bicyclic) bond motifs is 1. The molecule has 34 heavy (non-hydrogen) atoms. The third-order valence-electron chi connectivity index (χ3n) is 5.53. The van der Waals surface area contributed by atoms with Gasteiger partial charge in [0, 0.05) is 17.0 Å². The van der Waals surface area contributed by atoms with Crippen LogP contribution in [0.3, 0.4) is 0 Å². The average molecular weight is 478 g/mol. The minimum atomic E-state index is -0.360. The number of amides is 1. The zero-order chi connectivity index (χ0) is 24.2. The van der Waals surface area contributed by atoms with Crippen LogP contribution in [0.25, 0.3) is 21.3 Å². The Bertz CT molecular complexity index is 1410. The van der Waals surface area contributed by atoms with E-state index in [1.165, 1.54) is 27.8 Å². The van der Waals surface area contributed by atoms with Gasteiger partial charge in [-0.25, -0.2) is 4.98 Å². The Labute approximate surface area is 202 Å². The van der Waals surface area contributed by atoms with Crippen LogP contribution in [0.2, 0.25) is 0 Å². The summed E-state index contributed by atoms with van der Waals surface area (Å²) in [5.41, 5.74) is 4.38. The van der Waals surface area contributed by atoms with E-state index in [-0.39, 0.29) is 18.0 Å². The van der Waals surface area contributed by atoms with Crippen LogP contribution in [0.1, 0.15) is 25.0 Å². The normalized spacial score (nSPS) is 10.9. The SMILES string of the molecule is CCOc1ccc(OCC)c(NC(=O)Cn2cnc3scc(-c4ccc(C)c(C)c4)c3c2=O)c1. The van der Waals surface area contributed by atoms with Crippen molar-refractivity contribution in [2.45, 2.75) is 34.2 Å². The molecule has 1 amide bonds. The van der Waals surface area contributed by atoms with Crippen LogP contribution in [0.15, 0.2) is 52.9 Å². The van der Waals surface area contributed by atoms with E-state index in [0.29, 0.717) is 40.6 Å². The zero-order valence-corrected chi connectivity index (χ0v) is 20.5. The highest BCUT2D eigenvalue weighted by Gasteiger charge is 2.16. The highest BCUT2D eigenvalue weighted by Crippen LogP contribution is 2.32. The van der Waals surface area contributed by atoms with Gasteiger partial charge in [0.1, 0.15) is 22.9 Å². The fourth-order valence-electron chi connectivity index (χ4n) is 3.69. The summed E-state index contributed by atoms with van der Waals surface area (Å²) in [5.74, 6) is 0.800. The number of anilines is 1. The second-order valence-corrected chi connectivity index (χ2v) is 8.74. The van der Waals surface area contributed by atoms with E-state index in [9.17, 15) is 9.59 Å². The molecule has 8 heteroatoms. The van der Waals surface area contributed by atoms with Crippen molar-refractivity contribution in [3.8, 4) is 22.6 Å². The first-order valence-electron chi connectivity index (χ1n) is 11.1. The number of benzene rings is 2. The van der Waals surface area contributed by atoms with Crippen molar-refractivity contribution in [3.05, 3.63) is 69.6 Å². The number of carbonyl (C=O) groups is 1. The smallest absolute Gasteiger partial charge is 0.263 e. The summed E-state index contributed by atoms with van der Waals surface area (Å²) in [6, 6.07) is 11.4. The van der Waals surface area contributed by atoms with Gasteiger partial charge in [-0.2, -0.15) is 0 Å². The number of aromatic nitrogens is 2. The number of carbonyl (C=O) groups excluding carboxylic acids is 1. The zero-order valence-electron chi connectivity index (χ0n) is 19.7. The Hall–Kier alpha value is -3.65. The van der Waals surface area contributed by atoms with E-state index in [1.54, 1.807) is 18.2 Å². The fourth-order valence-corrected chi connectivity index (χ4v) is 4.60. The van der Waals surface area contributed by atoms with E-state index >= 15 is 0 Å². The molecule has 0 radical (unpaired) electrons. The lowest BCUT2D eigenvalue weighted by Crippen LogP contribution is -2.28. The minimum Gasteiger partial charge on any atom is -0.494 e. The summed E-state index contributed by atoms with van der Waals surface area (Å²) in [5, 5.41) is 5.31. The van der Waals surface area contributed by atoms with Crippen LogP contribution in [-0.4, -0.2) is 28.7 Å². The molecule has 1 N–H and O–H groups in total. The molecule has 0 fully saturated rings. The molecule has 7 nitrogen and oxygen atoms in total. The molecule has 0 bridgehead atoms. The number of ether oxygens (including phenoxy) is 2. The second-order valence-electron chi connectivity index (χ2n) is 7.88. The molecule has 0 aliphatic carbocycles. The maximum atomic E-state index is 13.3. The first kappa shape index (κ1) is 23.5. The topological polar surface area (TPSA) is 82.4 Å². The van der Waals surface area contributed by atoms with Gasteiger partial charge in [0.15, 0.2) is 0 Å². The van der Waals surface area contributed by atoms with Gasteiger partial charge in [-0.3, -0.25) is 14.2 Å². The average Bonchev–Trinajstić information content (AvgIpc) is 3.24. The minimum absolute atomic E-state index is 0.172. The van der Waals surface area contributed by atoms with Gasteiger partial charge in [0.25, 0.3) is 5.56 Å². The Balaban J connectivity index is 1.63. The summed E-state index contributed by atoms with van der Waals surface area (Å²) in [6.45, 7) is 8.65. The summed E-state index contributed by atoms with van der Waals surface area (Å²) >= 11 is 1.42. The summed E-state index contributed by atoms with van der Waals surface area (Å²) in [7, 11) is 0. The number of hydrogen-bond donors (Lipinski definition) is 1. The number of nitrogens with one attached hydrogen (secondary N) is 1. The maximum absolute atomic E-state index is 13.3. The third kappa shape index (κ3) is 4.82. The molecular formula is C26H27N3O4S. The predicted molar refractivity (Wildman–Crippen MR) is 136 cm³/mol. The van der Waals surface area contributed by atoms with Crippen LogP contribution in [0, 0.1) is 13.8 Å². The van der Waals surface area contributed by atoms with Crippen LogP contribution in [-0.2, 0) is 11.3 Å². The number of aryl methyl sites for hydroxylation is 2. The Morgan fingerprint density at radius 1 is 1.06 bits per heavy atom.